The van der Waals surface area contributed by atoms with E-state index >= 15 is 0 Å². The summed E-state index contributed by atoms with van der Waals surface area (Å²) in [6.07, 6.45) is 1.93. The Balaban J connectivity index is 1.92. The molecule has 1 aliphatic rings. The number of rotatable bonds is 3. The van der Waals surface area contributed by atoms with Gasteiger partial charge in [-0.25, -0.2) is 0 Å². The van der Waals surface area contributed by atoms with Gasteiger partial charge in [0, 0.05) is 11.6 Å². The van der Waals surface area contributed by atoms with E-state index in [0.717, 1.165) is 12.0 Å². The van der Waals surface area contributed by atoms with Crippen LogP contribution in [-0.2, 0) is 4.79 Å². The van der Waals surface area contributed by atoms with Crippen LogP contribution in [0.5, 0.6) is 0 Å². The van der Waals surface area contributed by atoms with Crippen molar-refractivity contribution < 1.29 is 14.7 Å². The quantitative estimate of drug-likeness (QED) is 0.858. The van der Waals surface area contributed by atoms with Gasteiger partial charge in [0.25, 0.3) is 5.91 Å². The van der Waals surface area contributed by atoms with Gasteiger partial charge in [-0.2, -0.15) is 0 Å². The minimum Gasteiger partial charge on any atom is -0.481 e. The van der Waals surface area contributed by atoms with Gasteiger partial charge in [-0.3, -0.25) is 9.59 Å². The van der Waals surface area contributed by atoms with Crippen LogP contribution in [0.4, 0.5) is 0 Å². The van der Waals surface area contributed by atoms with Crippen molar-refractivity contribution >= 4 is 11.9 Å². The number of hydrogen-bond donors (Lipinski definition) is 2. The van der Waals surface area contributed by atoms with Crippen molar-refractivity contribution in [3.05, 3.63) is 35.4 Å². The summed E-state index contributed by atoms with van der Waals surface area (Å²) in [5.74, 6) is -1.19. The molecule has 0 bridgehead atoms. The molecular formula is C14H17NO3. The molecule has 2 atom stereocenters. The first-order valence-corrected chi connectivity index (χ1v) is 6.16. The van der Waals surface area contributed by atoms with Crippen LogP contribution in [0, 0.1) is 12.8 Å². The summed E-state index contributed by atoms with van der Waals surface area (Å²) in [5.41, 5.74) is 1.73. The molecule has 0 aromatic heterocycles. The molecule has 1 aromatic rings. The third-order valence-corrected chi connectivity index (χ3v) is 3.43. The minimum atomic E-state index is -0.762. The molecule has 4 heteroatoms. The normalized spacial score (nSPS) is 22.7. The number of carbonyl (C=O) groups excluding carboxylic acids is 1. The van der Waals surface area contributed by atoms with Gasteiger partial charge in [0.05, 0.1) is 5.92 Å². The molecule has 2 N–H and O–H groups in total. The molecule has 0 radical (unpaired) electrons. The largest absolute Gasteiger partial charge is 0.481 e. The van der Waals surface area contributed by atoms with Crippen molar-refractivity contribution in [3.8, 4) is 0 Å². The molecule has 0 spiro atoms. The molecule has 0 aliphatic heterocycles. The van der Waals surface area contributed by atoms with Crippen molar-refractivity contribution in [2.45, 2.75) is 32.2 Å². The Kier molecular flexibility index (Phi) is 3.65. The van der Waals surface area contributed by atoms with Crippen LogP contribution < -0.4 is 5.32 Å². The van der Waals surface area contributed by atoms with Gasteiger partial charge in [-0.1, -0.05) is 17.7 Å². The van der Waals surface area contributed by atoms with E-state index in [-0.39, 0.29) is 17.9 Å². The summed E-state index contributed by atoms with van der Waals surface area (Å²) in [7, 11) is 0. The highest BCUT2D eigenvalue weighted by Crippen LogP contribution is 2.25. The fraction of sp³-hybridized carbons (Fsp3) is 0.429. The topological polar surface area (TPSA) is 66.4 Å². The van der Waals surface area contributed by atoms with Gasteiger partial charge >= 0.3 is 5.97 Å². The number of benzene rings is 1. The predicted octanol–water partition coefficient (Wildman–Crippen LogP) is 1.98. The number of amides is 1. The van der Waals surface area contributed by atoms with Gasteiger partial charge < -0.3 is 10.4 Å². The highest BCUT2D eigenvalue weighted by Gasteiger charge is 2.30. The van der Waals surface area contributed by atoms with Crippen LogP contribution in [0.1, 0.15) is 35.2 Å². The summed E-state index contributed by atoms with van der Waals surface area (Å²) in [6.45, 7) is 1.97. The van der Waals surface area contributed by atoms with E-state index in [0.29, 0.717) is 18.4 Å². The maximum atomic E-state index is 11.9. The maximum Gasteiger partial charge on any atom is 0.306 e. The molecule has 18 heavy (non-hydrogen) atoms. The van der Waals surface area contributed by atoms with Crippen LogP contribution in [-0.4, -0.2) is 23.0 Å². The summed E-state index contributed by atoms with van der Waals surface area (Å²) in [5, 5.41) is 11.8. The maximum absolute atomic E-state index is 11.9. The molecule has 2 unspecified atom stereocenters. The third-order valence-electron chi connectivity index (χ3n) is 3.43. The van der Waals surface area contributed by atoms with Crippen molar-refractivity contribution in [2.75, 3.05) is 0 Å². The first kappa shape index (κ1) is 12.6. The van der Waals surface area contributed by atoms with Crippen molar-refractivity contribution in [1.82, 2.24) is 5.32 Å². The third kappa shape index (κ3) is 2.88. The number of aryl methyl sites for hydroxylation is 1. The van der Waals surface area contributed by atoms with E-state index in [1.807, 2.05) is 19.1 Å². The average molecular weight is 247 g/mol. The van der Waals surface area contributed by atoms with Crippen molar-refractivity contribution in [2.24, 2.45) is 5.92 Å². The Hall–Kier alpha value is -1.84. The smallest absolute Gasteiger partial charge is 0.306 e. The first-order valence-electron chi connectivity index (χ1n) is 6.16. The summed E-state index contributed by atoms with van der Waals surface area (Å²) in [4.78, 5) is 22.8. The molecule has 2 rings (SSSR count). The lowest BCUT2D eigenvalue weighted by Crippen LogP contribution is -2.33. The lowest BCUT2D eigenvalue weighted by molar-refractivity contribution is -0.141. The zero-order valence-electron chi connectivity index (χ0n) is 10.3. The average Bonchev–Trinajstić information content (AvgIpc) is 2.78. The summed E-state index contributed by atoms with van der Waals surface area (Å²) >= 11 is 0. The molecular weight excluding hydrogens is 230 g/mol. The predicted molar refractivity (Wildman–Crippen MR) is 67.4 cm³/mol. The Morgan fingerprint density at radius 1 is 1.22 bits per heavy atom. The van der Waals surface area contributed by atoms with E-state index < -0.39 is 5.97 Å². The van der Waals surface area contributed by atoms with E-state index in [9.17, 15) is 9.59 Å². The monoisotopic (exact) mass is 247 g/mol. The van der Waals surface area contributed by atoms with E-state index in [4.69, 9.17) is 5.11 Å². The number of hydrogen-bond acceptors (Lipinski definition) is 2. The summed E-state index contributed by atoms with van der Waals surface area (Å²) in [6, 6.07) is 7.34. The first-order chi connectivity index (χ1) is 8.56. The molecule has 1 saturated carbocycles. The Bertz CT molecular complexity index is 453. The second kappa shape index (κ2) is 5.21. The lowest BCUT2D eigenvalue weighted by Gasteiger charge is -2.12. The van der Waals surface area contributed by atoms with Crippen LogP contribution in [0.15, 0.2) is 24.3 Å². The number of carboxylic acid groups (broad SMARTS) is 1. The molecule has 4 nitrogen and oxygen atoms in total. The molecule has 0 saturated heterocycles. The number of carboxylic acids is 1. The second-order valence-electron chi connectivity index (χ2n) is 4.88. The Labute approximate surface area is 106 Å². The SMILES string of the molecule is Cc1ccc(C(=O)NC2CCC(C(=O)O)C2)cc1. The van der Waals surface area contributed by atoms with Crippen LogP contribution in [0.3, 0.4) is 0 Å². The Morgan fingerprint density at radius 3 is 2.44 bits per heavy atom. The van der Waals surface area contributed by atoms with E-state index in [2.05, 4.69) is 5.32 Å². The molecule has 1 aromatic carbocycles. The van der Waals surface area contributed by atoms with Gasteiger partial charge in [-0.05, 0) is 38.3 Å². The highest BCUT2D eigenvalue weighted by atomic mass is 16.4. The zero-order valence-corrected chi connectivity index (χ0v) is 10.3. The van der Waals surface area contributed by atoms with Gasteiger partial charge in [0.15, 0.2) is 0 Å². The fourth-order valence-corrected chi connectivity index (χ4v) is 2.31. The van der Waals surface area contributed by atoms with Gasteiger partial charge in [0.2, 0.25) is 0 Å². The van der Waals surface area contributed by atoms with Gasteiger partial charge in [0.1, 0.15) is 0 Å². The standard InChI is InChI=1S/C14H17NO3/c1-9-2-4-10(5-3-9)13(16)15-12-7-6-11(8-12)14(17)18/h2-5,11-12H,6-8H2,1H3,(H,15,16)(H,17,18). The number of nitrogens with one attached hydrogen (secondary N) is 1. The van der Waals surface area contributed by atoms with Crippen LogP contribution >= 0.6 is 0 Å². The second-order valence-corrected chi connectivity index (χ2v) is 4.88. The fourth-order valence-electron chi connectivity index (χ4n) is 2.31. The molecule has 1 fully saturated rings. The van der Waals surface area contributed by atoms with Crippen LogP contribution in [0.2, 0.25) is 0 Å². The molecule has 0 heterocycles. The number of aliphatic carboxylic acids is 1. The molecule has 96 valence electrons. The summed E-state index contributed by atoms with van der Waals surface area (Å²) < 4.78 is 0. The number of carbonyl (C=O) groups is 2. The van der Waals surface area contributed by atoms with E-state index in [1.165, 1.54) is 0 Å². The lowest BCUT2D eigenvalue weighted by atomic mass is 10.1. The van der Waals surface area contributed by atoms with E-state index in [1.54, 1.807) is 12.1 Å². The van der Waals surface area contributed by atoms with Crippen molar-refractivity contribution in [1.29, 1.82) is 0 Å². The Morgan fingerprint density at radius 2 is 1.89 bits per heavy atom. The molecule has 1 amide bonds. The highest BCUT2D eigenvalue weighted by molar-refractivity contribution is 5.94. The zero-order chi connectivity index (χ0) is 13.1. The van der Waals surface area contributed by atoms with Gasteiger partial charge in [-0.15, -0.1) is 0 Å². The van der Waals surface area contributed by atoms with Crippen LogP contribution in [0.25, 0.3) is 0 Å². The molecule has 1 aliphatic carbocycles. The van der Waals surface area contributed by atoms with Crippen molar-refractivity contribution in [3.63, 3.8) is 0 Å². The minimum absolute atomic E-state index is 0.0140.